The molecule has 1 aliphatic rings. The number of aryl methyl sites for hydroxylation is 1. The quantitative estimate of drug-likeness (QED) is 0.656. The van der Waals surface area contributed by atoms with Crippen molar-refractivity contribution in [1.29, 1.82) is 0 Å². The molecule has 1 aromatic carbocycles. The van der Waals surface area contributed by atoms with Gasteiger partial charge in [0, 0.05) is 44.2 Å². The molecule has 0 bridgehead atoms. The predicted octanol–water partition coefficient (Wildman–Crippen LogP) is 1.18. The van der Waals surface area contributed by atoms with Crippen molar-refractivity contribution in [2.24, 2.45) is 0 Å². The van der Waals surface area contributed by atoms with Crippen LogP contribution < -0.4 is 15.2 Å². The third kappa shape index (κ3) is 3.39. The van der Waals surface area contributed by atoms with Crippen molar-refractivity contribution in [3.63, 3.8) is 0 Å². The Balaban J connectivity index is 1.59. The second kappa shape index (κ2) is 7.86. The highest BCUT2D eigenvalue weighted by Gasteiger charge is 2.27. The molecule has 0 aliphatic carbocycles. The normalized spacial score (nSPS) is 14.3. The summed E-state index contributed by atoms with van der Waals surface area (Å²) in [6, 6.07) is 8.89. The molecular formula is C20H22N6O3. The van der Waals surface area contributed by atoms with E-state index in [2.05, 4.69) is 15.3 Å². The fraction of sp³-hybridized carbons (Fsp3) is 0.350. The molecule has 150 valence electrons. The highest BCUT2D eigenvalue weighted by Crippen LogP contribution is 2.25. The molecule has 1 aliphatic heterocycles. The maximum absolute atomic E-state index is 13.2. The zero-order chi connectivity index (χ0) is 20.4. The van der Waals surface area contributed by atoms with Gasteiger partial charge >= 0.3 is 0 Å². The number of hydrogen-bond donors (Lipinski definition) is 0. The van der Waals surface area contributed by atoms with Gasteiger partial charge < -0.3 is 14.5 Å². The second-order valence-electron chi connectivity index (χ2n) is 6.72. The van der Waals surface area contributed by atoms with Gasteiger partial charge in [0.25, 0.3) is 11.5 Å². The van der Waals surface area contributed by atoms with Gasteiger partial charge in [-0.3, -0.25) is 9.59 Å². The van der Waals surface area contributed by atoms with Crippen molar-refractivity contribution >= 4 is 22.5 Å². The number of amides is 1. The molecule has 29 heavy (non-hydrogen) atoms. The molecule has 1 amide bonds. The molecule has 0 atom stereocenters. The first kappa shape index (κ1) is 18.9. The zero-order valence-corrected chi connectivity index (χ0v) is 16.4. The third-order valence-corrected chi connectivity index (χ3v) is 5.12. The van der Waals surface area contributed by atoms with E-state index in [1.165, 1.54) is 4.68 Å². The summed E-state index contributed by atoms with van der Waals surface area (Å²) in [5, 5.41) is 13.6. The first-order chi connectivity index (χ1) is 14.1. The summed E-state index contributed by atoms with van der Waals surface area (Å²) in [4.78, 5) is 29.6. The lowest BCUT2D eigenvalue weighted by Gasteiger charge is -2.35. The van der Waals surface area contributed by atoms with Crippen molar-refractivity contribution in [3.8, 4) is 5.75 Å². The molecule has 0 radical (unpaired) electrons. The monoisotopic (exact) mass is 394 g/mol. The number of fused-ring (bicyclic) bond motifs is 1. The summed E-state index contributed by atoms with van der Waals surface area (Å²) in [6.07, 6.45) is 1.58. The number of anilines is 1. The maximum atomic E-state index is 13.2. The molecule has 9 heteroatoms. The van der Waals surface area contributed by atoms with Gasteiger partial charge in [0.1, 0.15) is 0 Å². The number of carbonyl (C=O) groups excluding carboxylic acids is 1. The minimum Gasteiger partial charge on any atom is -0.493 e. The number of aromatic nitrogens is 4. The number of nitrogens with zero attached hydrogens (tertiary/aromatic N) is 6. The molecule has 0 spiro atoms. The fourth-order valence-electron chi connectivity index (χ4n) is 3.57. The van der Waals surface area contributed by atoms with E-state index in [1.54, 1.807) is 42.5 Å². The molecule has 0 unspecified atom stereocenters. The summed E-state index contributed by atoms with van der Waals surface area (Å²) in [7, 11) is 1.60. The average Bonchev–Trinajstić information content (AvgIpc) is 2.79. The van der Waals surface area contributed by atoms with E-state index >= 15 is 0 Å². The minimum absolute atomic E-state index is 0.172. The maximum Gasteiger partial charge on any atom is 0.275 e. The van der Waals surface area contributed by atoms with Crippen LogP contribution in [0.1, 0.15) is 17.4 Å². The van der Waals surface area contributed by atoms with Gasteiger partial charge in [-0.1, -0.05) is 18.2 Å². The average molecular weight is 394 g/mol. The van der Waals surface area contributed by atoms with Crippen molar-refractivity contribution < 1.29 is 9.53 Å². The molecular weight excluding hydrogens is 372 g/mol. The zero-order valence-electron chi connectivity index (χ0n) is 16.4. The second-order valence-corrected chi connectivity index (χ2v) is 6.72. The molecule has 3 heterocycles. The molecule has 4 rings (SSSR count). The highest BCUT2D eigenvalue weighted by atomic mass is 16.5. The van der Waals surface area contributed by atoms with E-state index in [9.17, 15) is 9.59 Å². The van der Waals surface area contributed by atoms with Crippen LogP contribution in [0.25, 0.3) is 10.8 Å². The van der Waals surface area contributed by atoms with Gasteiger partial charge in [0.05, 0.1) is 18.7 Å². The predicted molar refractivity (Wildman–Crippen MR) is 108 cm³/mol. The number of benzene rings is 1. The van der Waals surface area contributed by atoms with Crippen LogP contribution in [0.4, 0.5) is 5.82 Å². The van der Waals surface area contributed by atoms with Crippen molar-refractivity contribution in [1.82, 2.24) is 24.9 Å². The number of carbonyl (C=O) groups is 1. The van der Waals surface area contributed by atoms with Crippen molar-refractivity contribution in [3.05, 3.63) is 52.6 Å². The van der Waals surface area contributed by atoms with E-state index < -0.39 is 0 Å². The van der Waals surface area contributed by atoms with Crippen LogP contribution in [0, 0.1) is 0 Å². The molecule has 2 aromatic heterocycles. The van der Waals surface area contributed by atoms with Gasteiger partial charge in [-0.15, -0.1) is 5.10 Å². The number of ether oxygens (including phenoxy) is 1. The molecule has 1 fully saturated rings. The smallest absolute Gasteiger partial charge is 0.275 e. The minimum atomic E-state index is -0.181. The fourth-order valence-corrected chi connectivity index (χ4v) is 3.57. The Morgan fingerprint density at radius 3 is 2.52 bits per heavy atom. The number of hydrogen-bond acceptors (Lipinski definition) is 7. The topological polar surface area (TPSA) is 93.5 Å². The Bertz CT molecular complexity index is 1100. The van der Waals surface area contributed by atoms with Crippen molar-refractivity contribution in [2.75, 3.05) is 38.2 Å². The van der Waals surface area contributed by atoms with Gasteiger partial charge in [-0.2, -0.15) is 10.2 Å². The summed E-state index contributed by atoms with van der Waals surface area (Å²) in [6.45, 7) is 4.48. The van der Waals surface area contributed by atoms with Crippen LogP contribution in [-0.2, 0) is 6.54 Å². The summed E-state index contributed by atoms with van der Waals surface area (Å²) < 4.78 is 6.70. The van der Waals surface area contributed by atoms with Gasteiger partial charge in [0.2, 0.25) is 0 Å². The number of methoxy groups -OCH3 is 1. The largest absolute Gasteiger partial charge is 0.493 e. The van der Waals surface area contributed by atoms with E-state index in [4.69, 9.17) is 4.74 Å². The Labute approximate surface area is 167 Å². The van der Waals surface area contributed by atoms with Crippen LogP contribution in [0.15, 0.2) is 41.3 Å². The summed E-state index contributed by atoms with van der Waals surface area (Å²) in [5.41, 5.74) is 0.131. The van der Waals surface area contributed by atoms with Crippen LogP contribution in [-0.4, -0.2) is 64.1 Å². The lowest BCUT2D eigenvalue weighted by atomic mass is 10.1. The first-order valence-electron chi connectivity index (χ1n) is 9.53. The SMILES string of the molecule is CCn1nc(C(=O)N2CCN(c3nnccc3OC)CC2)c2ccccc2c1=O. The molecule has 0 saturated carbocycles. The lowest BCUT2D eigenvalue weighted by molar-refractivity contribution is 0.0740. The van der Waals surface area contributed by atoms with Gasteiger partial charge in [-0.25, -0.2) is 4.68 Å². The van der Waals surface area contributed by atoms with E-state index in [0.29, 0.717) is 60.8 Å². The van der Waals surface area contributed by atoms with Crippen molar-refractivity contribution in [2.45, 2.75) is 13.5 Å². The lowest BCUT2D eigenvalue weighted by Crippen LogP contribution is -2.49. The third-order valence-electron chi connectivity index (χ3n) is 5.12. The summed E-state index contributed by atoms with van der Waals surface area (Å²) in [5.74, 6) is 1.15. The van der Waals surface area contributed by atoms with E-state index in [1.807, 2.05) is 17.9 Å². The number of rotatable bonds is 4. The Morgan fingerprint density at radius 2 is 1.83 bits per heavy atom. The Morgan fingerprint density at radius 1 is 1.10 bits per heavy atom. The molecule has 0 N–H and O–H groups in total. The number of piperazine rings is 1. The van der Waals surface area contributed by atoms with Crippen LogP contribution in [0.3, 0.4) is 0 Å². The van der Waals surface area contributed by atoms with Gasteiger partial charge in [-0.05, 0) is 13.0 Å². The van der Waals surface area contributed by atoms with E-state index in [-0.39, 0.29) is 11.5 Å². The Kier molecular flexibility index (Phi) is 5.11. The standard InChI is InChI=1S/C20H22N6O3/c1-3-26-19(27)15-7-5-4-6-14(15)17(23-26)20(28)25-12-10-24(11-13-25)18-16(29-2)8-9-21-22-18/h4-9H,3,10-13H2,1-2H3. The van der Waals surface area contributed by atoms with Gasteiger partial charge in [0.15, 0.2) is 17.3 Å². The van der Waals surface area contributed by atoms with Crippen LogP contribution in [0.2, 0.25) is 0 Å². The molecule has 9 nitrogen and oxygen atoms in total. The molecule has 3 aromatic rings. The molecule has 1 saturated heterocycles. The van der Waals surface area contributed by atoms with Crippen LogP contribution >= 0.6 is 0 Å². The first-order valence-corrected chi connectivity index (χ1v) is 9.53. The van der Waals surface area contributed by atoms with Crippen LogP contribution in [0.5, 0.6) is 5.75 Å². The van der Waals surface area contributed by atoms with E-state index in [0.717, 1.165) is 0 Å². The Hall–Kier alpha value is -3.49. The highest BCUT2D eigenvalue weighted by molar-refractivity contribution is 6.04. The summed E-state index contributed by atoms with van der Waals surface area (Å²) >= 11 is 0.